The summed E-state index contributed by atoms with van der Waals surface area (Å²) in [5.41, 5.74) is 12.7. The van der Waals surface area contributed by atoms with Gasteiger partial charge in [-0.25, -0.2) is 0 Å². The van der Waals surface area contributed by atoms with Crippen LogP contribution in [0.3, 0.4) is 0 Å². The largest absolute Gasteiger partial charge is 0.397 e. The van der Waals surface area contributed by atoms with Crippen LogP contribution in [-0.4, -0.2) is 25.7 Å². The molecular formula is C11H17N3O2. The molecule has 5 N–H and O–H groups in total. The molecule has 0 unspecified atom stereocenters. The molecule has 0 spiro atoms. The summed E-state index contributed by atoms with van der Waals surface area (Å²) in [6, 6.07) is 4.90. The molecule has 5 heteroatoms. The fourth-order valence-electron chi connectivity index (χ4n) is 1.26. The first-order valence-corrected chi connectivity index (χ1v) is 5.16. The summed E-state index contributed by atoms with van der Waals surface area (Å²) in [7, 11) is 0. The molecule has 0 aliphatic carbocycles. The van der Waals surface area contributed by atoms with Gasteiger partial charge in [-0.05, 0) is 25.1 Å². The van der Waals surface area contributed by atoms with Crippen molar-refractivity contribution in [3.8, 4) is 0 Å². The lowest BCUT2D eigenvalue weighted by molar-refractivity contribution is 0.100. The van der Waals surface area contributed by atoms with E-state index in [9.17, 15) is 4.79 Å². The third-order valence-corrected chi connectivity index (χ3v) is 2.10. The molecule has 0 heterocycles. The topological polar surface area (TPSA) is 90.4 Å². The number of carbonyl (C=O) groups is 1. The van der Waals surface area contributed by atoms with Crippen molar-refractivity contribution in [3.05, 3.63) is 23.8 Å². The lowest BCUT2D eigenvalue weighted by atomic mass is 10.1. The van der Waals surface area contributed by atoms with E-state index in [1.165, 1.54) is 0 Å². The molecule has 1 aromatic rings. The van der Waals surface area contributed by atoms with Crippen molar-refractivity contribution in [3.63, 3.8) is 0 Å². The summed E-state index contributed by atoms with van der Waals surface area (Å²) in [6.45, 7) is 3.84. The third-order valence-electron chi connectivity index (χ3n) is 2.10. The minimum atomic E-state index is -0.465. The fraction of sp³-hybridized carbons (Fsp3) is 0.364. The van der Waals surface area contributed by atoms with Crippen LogP contribution in [0.4, 0.5) is 11.4 Å². The van der Waals surface area contributed by atoms with Gasteiger partial charge in [-0.2, -0.15) is 0 Å². The number of nitrogen functional groups attached to an aromatic ring is 1. The Morgan fingerprint density at radius 2 is 2.25 bits per heavy atom. The standard InChI is InChI=1S/C11H17N3O2/c1-2-16-6-5-14-10-7-8(11(13)15)3-4-9(10)12/h3-4,7,14H,2,5-6,12H2,1H3,(H2,13,15). The number of hydrogen-bond acceptors (Lipinski definition) is 4. The second-order valence-electron chi connectivity index (χ2n) is 3.29. The van der Waals surface area contributed by atoms with E-state index in [2.05, 4.69) is 5.32 Å². The highest BCUT2D eigenvalue weighted by Crippen LogP contribution is 2.19. The summed E-state index contributed by atoms with van der Waals surface area (Å²) in [6.07, 6.45) is 0. The van der Waals surface area contributed by atoms with E-state index in [4.69, 9.17) is 16.2 Å². The molecule has 16 heavy (non-hydrogen) atoms. The molecule has 1 rings (SSSR count). The van der Waals surface area contributed by atoms with Crippen LogP contribution in [0, 0.1) is 0 Å². The van der Waals surface area contributed by atoms with Gasteiger partial charge in [0.2, 0.25) is 5.91 Å². The molecule has 0 fully saturated rings. The maximum absolute atomic E-state index is 11.0. The summed E-state index contributed by atoms with van der Waals surface area (Å²) in [5.74, 6) is -0.465. The van der Waals surface area contributed by atoms with Gasteiger partial charge >= 0.3 is 0 Å². The van der Waals surface area contributed by atoms with Crippen molar-refractivity contribution >= 4 is 17.3 Å². The molecular weight excluding hydrogens is 206 g/mol. The zero-order chi connectivity index (χ0) is 12.0. The molecule has 0 saturated carbocycles. The van der Waals surface area contributed by atoms with E-state index >= 15 is 0 Å². The van der Waals surface area contributed by atoms with Crippen LogP contribution in [0.1, 0.15) is 17.3 Å². The van der Waals surface area contributed by atoms with Crippen LogP contribution < -0.4 is 16.8 Å². The summed E-state index contributed by atoms with van der Waals surface area (Å²) in [4.78, 5) is 11.0. The van der Waals surface area contributed by atoms with Crippen LogP contribution >= 0.6 is 0 Å². The molecule has 0 atom stereocenters. The van der Waals surface area contributed by atoms with E-state index in [-0.39, 0.29) is 0 Å². The lowest BCUT2D eigenvalue weighted by Crippen LogP contribution is -2.14. The second kappa shape index (κ2) is 5.97. The molecule has 1 amide bonds. The van der Waals surface area contributed by atoms with E-state index in [0.29, 0.717) is 36.7 Å². The van der Waals surface area contributed by atoms with Gasteiger partial charge in [0.15, 0.2) is 0 Å². The van der Waals surface area contributed by atoms with Crippen LogP contribution in [0.25, 0.3) is 0 Å². The maximum atomic E-state index is 11.0. The second-order valence-corrected chi connectivity index (χ2v) is 3.29. The van der Waals surface area contributed by atoms with Gasteiger partial charge < -0.3 is 21.5 Å². The molecule has 0 bridgehead atoms. The Kier molecular flexibility index (Phi) is 4.60. The fourth-order valence-corrected chi connectivity index (χ4v) is 1.26. The number of primary amides is 1. The van der Waals surface area contributed by atoms with Crippen molar-refractivity contribution in [2.24, 2.45) is 5.73 Å². The molecule has 0 saturated heterocycles. The van der Waals surface area contributed by atoms with Crippen LogP contribution in [-0.2, 0) is 4.74 Å². The van der Waals surface area contributed by atoms with Gasteiger partial charge in [-0.15, -0.1) is 0 Å². The van der Waals surface area contributed by atoms with E-state index < -0.39 is 5.91 Å². The Morgan fingerprint density at radius 3 is 2.88 bits per heavy atom. The van der Waals surface area contributed by atoms with Gasteiger partial charge in [-0.1, -0.05) is 0 Å². The average molecular weight is 223 g/mol. The smallest absolute Gasteiger partial charge is 0.248 e. The quantitative estimate of drug-likeness (QED) is 0.492. The number of amides is 1. The van der Waals surface area contributed by atoms with Gasteiger partial charge in [0.25, 0.3) is 0 Å². The van der Waals surface area contributed by atoms with Crippen molar-refractivity contribution in [1.82, 2.24) is 0 Å². The van der Waals surface area contributed by atoms with Crippen molar-refractivity contribution < 1.29 is 9.53 Å². The highest BCUT2D eigenvalue weighted by atomic mass is 16.5. The molecule has 0 aliphatic heterocycles. The Bertz CT molecular complexity index is 366. The molecule has 1 aromatic carbocycles. The summed E-state index contributed by atoms with van der Waals surface area (Å²) in [5, 5.41) is 3.09. The van der Waals surface area contributed by atoms with Crippen LogP contribution in [0.15, 0.2) is 18.2 Å². The number of benzene rings is 1. The predicted molar refractivity (Wildman–Crippen MR) is 64.4 cm³/mol. The zero-order valence-corrected chi connectivity index (χ0v) is 9.32. The summed E-state index contributed by atoms with van der Waals surface area (Å²) >= 11 is 0. The Labute approximate surface area is 94.8 Å². The first-order chi connectivity index (χ1) is 7.65. The number of nitrogens with two attached hydrogens (primary N) is 2. The Balaban J connectivity index is 2.63. The van der Waals surface area contributed by atoms with Crippen molar-refractivity contribution in [2.75, 3.05) is 30.8 Å². The van der Waals surface area contributed by atoms with Gasteiger partial charge in [-0.3, -0.25) is 4.79 Å². The van der Waals surface area contributed by atoms with Gasteiger partial charge in [0.1, 0.15) is 0 Å². The number of ether oxygens (including phenoxy) is 1. The van der Waals surface area contributed by atoms with Crippen molar-refractivity contribution in [2.45, 2.75) is 6.92 Å². The Morgan fingerprint density at radius 1 is 1.50 bits per heavy atom. The lowest BCUT2D eigenvalue weighted by Gasteiger charge is -2.10. The molecule has 88 valence electrons. The van der Waals surface area contributed by atoms with Crippen LogP contribution in [0.2, 0.25) is 0 Å². The van der Waals surface area contributed by atoms with E-state index in [1.54, 1.807) is 18.2 Å². The molecule has 0 radical (unpaired) electrons. The minimum Gasteiger partial charge on any atom is -0.397 e. The number of hydrogen-bond donors (Lipinski definition) is 3. The monoisotopic (exact) mass is 223 g/mol. The van der Waals surface area contributed by atoms with Crippen LogP contribution in [0.5, 0.6) is 0 Å². The maximum Gasteiger partial charge on any atom is 0.248 e. The first kappa shape index (κ1) is 12.3. The normalized spacial score (nSPS) is 10.1. The van der Waals surface area contributed by atoms with Gasteiger partial charge in [0.05, 0.1) is 18.0 Å². The minimum absolute atomic E-state index is 0.438. The number of nitrogens with one attached hydrogen (secondary N) is 1. The number of anilines is 2. The molecule has 0 aliphatic rings. The SMILES string of the molecule is CCOCCNc1cc(C(N)=O)ccc1N. The zero-order valence-electron chi connectivity index (χ0n) is 9.32. The predicted octanol–water partition coefficient (Wildman–Crippen LogP) is 0.816. The highest BCUT2D eigenvalue weighted by molar-refractivity contribution is 5.94. The first-order valence-electron chi connectivity index (χ1n) is 5.16. The van der Waals surface area contributed by atoms with Gasteiger partial charge in [0, 0.05) is 18.7 Å². The number of carbonyl (C=O) groups excluding carboxylic acids is 1. The molecule has 0 aromatic heterocycles. The Hall–Kier alpha value is -1.75. The van der Waals surface area contributed by atoms with E-state index in [1.807, 2.05) is 6.92 Å². The average Bonchev–Trinajstić information content (AvgIpc) is 2.26. The van der Waals surface area contributed by atoms with E-state index in [0.717, 1.165) is 0 Å². The summed E-state index contributed by atoms with van der Waals surface area (Å²) < 4.78 is 5.18. The third kappa shape index (κ3) is 3.43. The highest BCUT2D eigenvalue weighted by Gasteiger charge is 2.04. The number of rotatable bonds is 6. The van der Waals surface area contributed by atoms with Crippen molar-refractivity contribution in [1.29, 1.82) is 0 Å². The molecule has 5 nitrogen and oxygen atoms in total.